The Morgan fingerprint density at radius 2 is 2.04 bits per heavy atom. The van der Waals surface area contributed by atoms with Crippen LogP contribution in [0.25, 0.3) is 20.7 Å². The fourth-order valence-electron chi connectivity index (χ4n) is 2.65. The summed E-state index contributed by atoms with van der Waals surface area (Å²) in [6.45, 7) is 2.98. The third-order valence-electron chi connectivity index (χ3n) is 3.83. The molecule has 0 saturated carbocycles. The average Bonchev–Trinajstić information content (AvgIpc) is 3.32. The van der Waals surface area contributed by atoms with Gasteiger partial charge < -0.3 is 9.84 Å². The average molecular weight is 396 g/mol. The standard InChI is InChI=1S/C19H16N4O2S2/c1-2-25-14-8-4-3-7-13(14)17-16(24)15-18(27-17)19(21-11-20-15)23-22-10-12-6-5-9-26-12/h3-9,11,24H,2,10H2,1H3. The van der Waals surface area contributed by atoms with Crippen LogP contribution in [-0.2, 0) is 6.54 Å². The number of ether oxygens (including phenoxy) is 1. The van der Waals surface area contributed by atoms with Gasteiger partial charge in [0.1, 0.15) is 22.3 Å². The topological polar surface area (TPSA) is 80.0 Å². The molecule has 0 radical (unpaired) electrons. The maximum Gasteiger partial charge on any atom is 0.195 e. The van der Waals surface area contributed by atoms with Crippen LogP contribution in [-0.4, -0.2) is 21.7 Å². The minimum atomic E-state index is 0.110. The van der Waals surface area contributed by atoms with Gasteiger partial charge in [0.15, 0.2) is 11.6 Å². The molecular formula is C19H16N4O2S2. The molecule has 3 aromatic heterocycles. The van der Waals surface area contributed by atoms with Gasteiger partial charge in [-0.15, -0.1) is 27.8 Å². The Kier molecular flexibility index (Phi) is 5.08. The van der Waals surface area contributed by atoms with Gasteiger partial charge in [0, 0.05) is 10.4 Å². The van der Waals surface area contributed by atoms with E-state index in [1.807, 2.05) is 48.7 Å². The van der Waals surface area contributed by atoms with Crippen molar-refractivity contribution < 1.29 is 9.84 Å². The maximum absolute atomic E-state index is 10.7. The summed E-state index contributed by atoms with van der Waals surface area (Å²) in [5.41, 5.74) is 1.29. The number of hydrogen-bond acceptors (Lipinski definition) is 8. The van der Waals surface area contributed by atoms with E-state index in [1.165, 1.54) is 17.7 Å². The number of fused-ring (bicyclic) bond motifs is 1. The van der Waals surface area contributed by atoms with E-state index in [4.69, 9.17) is 4.74 Å². The summed E-state index contributed by atoms with van der Waals surface area (Å²) in [4.78, 5) is 10.3. The van der Waals surface area contributed by atoms with Crippen molar-refractivity contribution in [2.45, 2.75) is 13.5 Å². The summed E-state index contributed by atoms with van der Waals surface area (Å²) >= 11 is 3.02. The van der Waals surface area contributed by atoms with E-state index in [2.05, 4.69) is 20.2 Å². The van der Waals surface area contributed by atoms with E-state index in [0.717, 1.165) is 16.2 Å². The minimum absolute atomic E-state index is 0.110. The van der Waals surface area contributed by atoms with Gasteiger partial charge >= 0.3 is 0 Å². The molecule has 0 aliphatic heterocycles. The number of hydrogen-bond donors (Lipinski definition) is 1. The van der Waals surface area contributed by atoms with Crippen molar-refractivity contribution in [3.05, 3.63) is 53.0 Å². The molecule has 0 spiro atoms. The molecule has 0 fully saturated rings. The fraction of sp³-hybridized carbons (Fsp3) is 0.158. The third kappa shape index (κ3) is 3.54. The van der Waals surface area contributed by atoms with E-state index in [-0.39, 0.29) is 5.75 Å². The van der Waals surface area contributed by atoms with Crippen LogP contribution in [0.4, 0.5) is 5.82 Å². The van der Waals surface area contributed by atoms with Gasteiger partial charge in [0.25, 0.3) is 0 Å². The molecule has 3 heterocycles. The number of azo groups is 1. The summed E-state index contributed by atoms with van der Waals surface area (Å²) in [6, 6.07) is 11.6. The second kappa shape index (κ2) is 7.81. The largest absolute Gasteiger partial charge is 0.504 e. The summed E-state index contributed by atoms with van der Waals surface area (Å²) in [5.74, 6) is 1.28. The number of aromatic hydroxyl groups is 1. The molecule has 0 aliphatic rings. The number of thiophene rings is 2. The fourth-order valence-corrected chi connectivity index (χ4v) is 4.38. The Hall–Kier alpha value is -2.84. The molecule has 27 heavy (non-hydrogen) atoms. The van der Waals surface area contributed by atoms with Gasteiger partial charge in [-0.1, -0.05) is 18.2 Å². The predicted octanol–water partition coefficient (Wildman–Crippen LogP) is 5.81. The van der Waals surface area contributed by atoms with Crippen LogP contribution in [0.15, 0.2) is 58.3 Å². The van der Waals surface area contributed by atoms with Crippen molar-refractivity contribution in [3.8, 4) is 21.9 Å². The van der Waals surface area contributed by atoms with Crippen LogP contribution in [0.1, 0.15) is 11.8 Å². The zero-order valence-corrected chi connectivity index (χ0v) is 16.1. The maximum atomic E-state index is 10.7. The second-order valence-corrected chi connectivity index (χ2v) is 7.62. The Balaban J connectivity index is 1.75. The highest BCUT2D eigenvalue weighted by Crippen LogP contribution is 2.47. The van der Waals surface area contributed by atoms with Crippen molar-refractivity contribution >= 4 is 38.7 Å². The van der Waals surface area contributed by atoms with E-state index in [0.29, 0.717) is 34.1 Å². The van der Waals surface area contributed by atoms with Crippen LogP contribution in [0.3, 0.4) is 0 Å². The lowest BCUT2D eigenvalue weighted by Gasteiger charge is -2.08. The SMILES string of the molecule is CCOc1ccccc1-c1sc2c(N=NCc3cccs3)ncnc2c1O. The summed E-state index contributed by atoms with van der Waals surface area (Å²) in [5, 5.41) is 21.2. The van der Waals surface area contributed by atoms with Crippen LogP contribution in [0.5, 0.6) is 11.5 Å². The first-order valence-electron chi connectivity index (χ1n) is 8.36. The summed E-state index contributed by atoms with van der Waals surface area (Å²) < 4.78 is 6.40. The molecule has 0 saturated heterocycles. The second-order valence-electron chi connectivity index (χ2n) is 5.56. The molecular weight excluding hydrogens is 380 g/mol. The smallest absolute Gasteiger partial charge is 0.195 e. The van der Waals surface area contributed by atoms with Gasteiger partial charge in [0.05, 0.1) is 18.0 Å². The Bertz CT molecular complexity index is 1090. The molecule has 0 aliphatic carbocycles. The van der Waals surface area contributed by atoms with Crippen molar-refractivity contribution in [3.63, 3.8) is 0 Å². The summed E-state index contributed by atoms with van der Waals surface area (Å²) in [7, 11) is 0. The molecule has 8 heteroatoms. The van der Waals surface area contributed by atoms with Gasteiger partial charge in [-0.3, -0.25) is 0 Å². The first kappa shape index (κ1) is 17.6. The lowest BCUT2D eigenvalue weighted by molar-refractivity contribution is 0.341. The van der Waals surface area contributed by atoms with E-state index in [1.54, 1.807) is 11.3 Å². The van der Waals surface area contributed by atoms with Crippen LogP contribution in [0.2, 0.25) is 0 Å². The summed E-state index contributed by atoms with van der Waals surface area (Å²) in [6.07, 6.45) is 1.40. The molecule has 1 N–H and O–H groups in total. The predicted molar refractivity (Wildman–Crippen MR) is 108 cm³/mol. The Morgan fingerprint density at radius 1 is 1.15 bits per heavy atom. The van der Waals surface area contributed by atoms with Crippen molar-refractivity contribution in [2.24, 2.45) is 10.2 Å². The lowest BCUT2D eigenvalue weighted by atomic mass is 10.1. The molecule has 0 atom stereocenters. The zero-order valence-electron chi connectivity index (χ0n) is 14.5. The molecule has 0 bridgehead atoms. The Labute approximate surface area is 163 Å². The molecule has 1 aromatic carbocycles. The molecule has 4 aromatic rings. The van der Waals surface area contributed by atoms with Crippen molar-refractivity contribution in [1.82, 2.24) is 9.97 Å². The molecule has 0 amide bonds. The number of aromatic nitrogens is 2. The lowest BCUT2D eigenvalue weighted by Crippen LogP contribution is -1.92. The highest BCUT2D eigenvalue weighted by atomic mass is 32.1. The third-order valence-corrected chi connectivity index (χ3v) is 5.89. The van der Waals surface area contributed by atoms with E-state index >= 15 is 0 Å². The highest BCUT2D eigenvalue weighted by Gasteiger charge is 2.20. The van der Waals surface area contributed by atoms with Crippen LogP contribution >= 0.6 is 22.7 Å². The molecule has 6 nitrogen and oxygen atoms in total. The van der Waals surface area contributed by atoms with Crippen molar-refractivity contribution in [1.29, 1.82) is 0 Å². The van der Waals surface area contributed by atoms with Crippen LogP contribution < -0.4 is 4.74 Å². The number of benzene rings is 1. The van der Waals surface area contributed by atoms with E-state index < -0.39 is 0 Å². The molecule has 136 valence electrons. The molecule has 4 rings (SSSR count). The number of para-hydroxylation sites is 1. The van der Waals surface area contributed by atoms with Gasteiger partial charge in [-0.25, -0.2) is 9.97 Å². The van der Waals surface area contributed by atoms with Gasteiger partial charge in [-0.05, 0) is 30.5 Å². The van der Waals surface area contributed by atoms with Gasteiger partial charge in [-0.2, -0.15) is 5.11 Å². The normalized spacial score (nSPS) is 11.4. The highest BCUT2D eigenvalue weighted by molar-refractivity contribution is 7.23. The first-order chi connectivity index (χ1) is 13.3. The van der Waals surface area contributed by atoms with Crippen molar-refractivity contribution in [2.75, 3.05) is 6.61 Å². The quantitative estimate of drug-likeness (QED) is 0.417. The molecule has 0 unspecified atom stereocenters. The minimum Gasteiger partial charge on any atom is -0.504 e. The first-order valence-corrected chi connectivity index (χ1v) is 10.1. The zero-order chi connectivity index (χ0) is 18.6. The van der Waals surface area contributed by atoms with Gasteiger partial charge in [0.2, 0.25) is 0 Å². The number of rotatable bonds is 6. The van der Waals surface area contributed by atoms with Crippen LogP contribution in [0, 0.1) is 0 Å². The monoisotopic (exact) mass is 396 g/mol. The number of nitrogens with zero attached hydrogens (tertiary/aromatic N) is 4. The Morgan fingerprint density at radius 3 is 2.85 bits per heavy atom. The van der Waals surface area contributed by atoms with E-state index in [9.17, 15) is 5.11 Å².